The Bertz CT molecular complexity index is 1190. The van der Waals surface area contributed by atoms with E-state index >= 15 is 0 Å². The molecule has 2 N–H and O–H groups in total. The van der Waals surface area contributed by atoms with Crippen molar-refractivity contribution in [3.8, 4) is 17.5 Å². The molecule has 2 heterocycles. The number of thiophene rings is 1. The van der Waals surface area contributed by atoms with E-state index in [9.17, 15) is 10.1 Å². The molecule has 0 saturated heterocycles. The van der Waals surface area contributed by atoms with Crippen LogP contribution in [-0.4, -0.2) is 26.8 Å². The lowest BCUT2D eigenvalue weighted by Gasteiger charge is -2.33. The molecule has 0 saturated carbocycles. The molecule has 166 valence electrons. The number of aromatic amines is 1. The number of fused-ring (bicyclic) bond motifs is 1. The number of carbonyl (C=O) groups is 1. The summed E-state index contributed by atoms with van der Waals surface area (Å²) in [6.07, 6.45) is 2.93. The Morgan fingerprint density at radius 3 is 2.91 bits per heavy atom. The molecule has 3 aromatic rings. The summed E-state index contributed by atoms with van der Waals surface area (Å²) in [5.74, 6) is 1.11. The number of nitrogens with zero attached hydrogens (tertiary/aromatic N) is 3. The van der Waals surface area contributed by atoms with E-state index < -0.39 is 0 Å². The third-order valence-corrected chi connectivity index (χ3v) is 8.13. The number of H-pyrrole nitrogens is 1. The molecule has 9 heteroatoms. The van der Waals surface area contributed by atoms with Gasteiger partial charge in [0.05, 0.1) is 16.3 Å². The second-order valence-corrected chi connectivity index (χ2v) is 11.4. The Hall–Kier alpha value is -2.34. The van der Waals surface area contributed by atoms with Crippen LogP contribution in [0, 0.1) is 22.7 Å². The minimum atomic E-state index is -0.179. The number of hydrogen-bond acceptors (Lipinski definition) is 6. The molecule has 6 nitrogen and oxygen atoms in total. The Labute approximate surface area is 200 Å². The van der Waals surface area contributed by atoms with Crippen LogP contribution in [0.15, 0.2) is 29.4 Å². The molecule has 1 aliphatic carbocycles. The van der Waals surface area contributed by atoms with Crippen molar-refractivity contribution in [2.24, 2.45) is 11.3 Å². The number of halogens is 1. The molecule has 0 aliphatic heterocycles. The maximum absolute atomic E-state index is 12.6. The molecule has 0 spiro atoms. The second-order valence-electron chi connectivity index (χ2n) is 8.91. The van der Waals surface area contributed by atoms with Crippen molar-refractivity contribution in [2.75, 3.05) is 11.1 Å². The van der Waals surface area contributed by atoms with Gasteiger partial charge in [-0.05, 0) is 48.3 Å². The first kappa shape index (κ1) is 22.8. The first-order valence-corrected chi connectivity index (χ1v) is 12.6. The zero-order valence-corrected chi connectivity index (χ0v) is 20.5. The highest BCUT2D eigenvalue weighted by molar-refractivity contribution is 7.99. The summed E-state index contributed by atoms with van der Waals surface area (Å²) >= 11 is 8.99. The Morgan fingerprint density at radius 2 is 2.19 bits per heavy atom. The van der Waals surface area contributed by atoms with Gasteiger partial charge in [-0.2, -0.15) is 5.26 Å². The topological polar surface area (TPSA) is 94.5 Å². The molecule has 0 bridgehead atoms. The van der Waals surface area contributed by atoms with Crippen LogP contribution >= 0.6 is 34.7 Å². The summed E-state index contributed by atoms with van der Waals surface area (Å²) in [6.45, 7) is 6.80. The summed E-state index contributed by atoms with van der Waals surface area (Å²) in [4.78, 5) is 18.3. The van der Waals surface area contributed by atoms with Crippen LogP contribution in [0.5, 0.6) is 0 Å². The average Bonchev–Trinajstić information content (AvgIpc) is 3.35. The summed E-state index contributed by atoms with van der Waals surface area (Å²) in [6, 6.07) is 9.68. The highest BCUT2D eigenvalue weighted by atomic mass is 35.5. The number of thioether (sulfide) groups is 1. The summed E-state index contributed by atoms with van der Waals surface area (Å²) in [5, 5.41) is 21.4. The number of hydrogen-bond donors (Lipinski definition) is 2. The largest absolute Gasteiger partial charge is 0.316 e. The van der Waals surface area contributed by atoms with Crippen molar-refractivity contribution in [1.29, 1.82) is 5.26 Å². The number of nitriles is 1. The van der Waals surface area contributed by atoms with Gasteiger partial charge < -0.3 is 5.32 Å². The third-order valence-electron chi connectivity index (χ3n) is 5.78. The maximum Gasteiger partial charge on any atom is 0.235 e. The SMILES string of the molecule is CC(C)(C)[C@@H]1CCc2c(sc(NC(=O)CSc3n[nH]c(-c4ccccc4Cl)n3)c2C#N)C1. The Morgan fingerprint density at radius 1 is 1.41 bits per heavy atom. The maximum atomic E-state index is 12.6. The van der Waals surface area contributed by atoms with Gasteiger partial charge in [-0.3, -0.25) is 9.89 Å². The zero-order valence-electron chi connectivity index (χ0n) is 18.2. The van der Waals surface area contributed by atoms with Gasteiger partial charge >= 0.3 is 0 Å². The monoisotopic (exact) mass is 485 g/mol. The quantitative estimate of drug-likeness (QED) is 0.436. The number of nitrogens with one attached hydrogen (secondary N) is 2. The van der Waals surface area contributed by atoms with Gasteiger partial charge in [0, 0.05) is 10.4 Å². The van der Waals surface area contributed by atoms with Crippen molar-refractivity contribution in [1.82, 2.24) is 15.2 Å². The van der Waals surface area contributed by atoms with Gasteiger partial charge in [0.1, 0.15) is 11.1 Å². The molecule has 1 aromatic carbocycles. The minimum Gasteiger partial charge on any atom is -0.316 e. The van der Waals surface area contributed by atoms with Crippen LogP contribution in [0.3, 0.4) is 0 Å². The second kappa shape index (κ2) is 9.26. The van der Waals surface area contributed by atoms with Crippen molar-refractivity contribution in [3.05, 3.63) is 45.3 Å². The van der Waals surface area contributed by atoms with Crippen LogP contribution in [0.1, 0.15) is 43.2 Å². The molecule has 2 aromatic heterocycles. The molecular formula is C23H24ClN5OS2. The third kappa shape index (κ3) is 4.85. The van der Waals surface area contributed by atoms with E-state index in [0.717, 1.165) is 30.4 Å². The van der Waals surface area contributed by atoms with Gasteiger partial charge in [-0.1, -0.05) is 56.3 Å². The number of rotatable bonds is 5. The van der Waals surface area contributed by atoms with E-state index in [1.807, 2.05) is 18.2 Å². The smallest absolute Gasteiger partial charge is 0.235 e. The van der Waals surface area contributed by atoms with E-state index in [1.54, 1.807) is 17.4 Å². The lowest BCUT2D eigenvalue weighted by atomic mass is 9.72. The molecule has 0 radical (unpaired) electrons. The standard InChI is InChI=1S/C23H24ClN5OS2/c1-23(2,3)13-8-9-14-16(11-25)21(32-18(14)10-13)26-19(30)12-31-22-27-20(28-29-22)15-6-4-5-7-17(15)24/h4-7,13H,8-10,12H2,1-3H3,(H,26,30)(H,27,28,29)/t13-/m1/s1. The van der Waals surface area contributed by atoms with E-state index in [0.29, 0.717) is 32.5 Å². The van der Waals surface area contributed by atoms with Crippen LogP contribution < -0.4 is 5.32 Å². The number of benzene rings is 1. The van der Waals surface area contributed by atoms with E-state index in [4.69, 9.17) is 11.6 Å². The number of carbonyl (C=O) groups excluding carboxylic acids is 1. The van der Waals surface area contributed by atoms with E-state index in [2.05, 4.69) is 47.3 Å². The predicted molar refractivity (Wildman–Crippen MR) is 130 cm³/mol. The predicted octanol–water partition coefficient (Wildman–Crippen LogP) is 5.94. The van der Waals surface area contributed by atoms with Crippen molar-refractivity contribution in [2.45, 2.75) is 45.2 Å². The van der Waals surface area contributed by atoms with Crippen molar-refractivity contribution >= 4 is 45.6 Å². The molecular weight excluding hydrogens is 462 g/mol. The first-order valence-electron chi connectivity index (χ1n) is 10.4. The lowest BCUT2D eigenvalue weighted by Crippen LogP contribution is -2.26. The normalized spacial score (nSPS) is 15.8. The van der Waals surface area contributed by atoms with Crippen LogP contribution in [-0.2, 0) is 17.6 Å². The fourth-order valence-electron chi connectivity index (χ4n) is 3.91. The molecule has 1 atom stereocenters. The minimum absolute atomic E-state index is 0.151. The van der Waals surface area contributed by atoms with Gasteiger partial charge in [-0.25, -0.2) is 4.98 Å². The number of aromatic nitrogens is 3. The first-order chi connectivity index (χ1) is 15.3. The van der Waals surface area contributed by atoms with Gasteiger partial charge in [0.25, 0.3) is 0 Å². The van der Waals surface area contributed by atoms with Gasteiger partial charge in [0.2, 0.25) is 11.1 Å². The summed E-state index contributed by atoms with van der Waals surface area (Å²) in [5.41, 5.74) is 2.72. The molecule has 4 rings (SSSR count). The average molecular weight is 486 g/mol. The molecule has 1 amide bonds. The summed E-state index contributed by atoms with van der Waals surface area (Å²) in [7, 11) is 0. The van der Waals surface area contributed by atoms with Crippen LogP contribution in [0.4, 0.5) is 5.00 Å². The summed E-state index contributed by atoms with van der Waals surface area (Å²) < 4.78 is 0. The lowest BCUT2D eigenvalue weighted by molar-refractivity contribution is -0.113. The highest BCUT2D eigenvalue weighted by Gasteiger charge is 2.32. The van der Waals surface area contributed by atoms with Crippen molar-refractivity contribution < 1.29 is 4.79 Å². The zero-order chi connectivity index (χ0) is 22.9. The van der Waals surface area contributed by atoms with Gasteiger partial charge in [-0.15, -0.1) is 16.4 Å². The van der Waals surface area contributed by atoms with Gasteiger partial charge in [0.15, 0.2) is 5.82 Å². The fraction of sp³-hybridized carbons (Fsp3) is 0.391. The fourth-order valence-corrected chi connectivity index (χ4v) is 6.03. The molecule has 1 aliphatic rings. The number of amides is 1. The van der Waals surface area contributed by atoms with E-state index in [1.165, 1.54) is 16.6 Å². The Kier molecular flexibility index (Phi) is 6.61. The van der Waals surface area contributed by atoms with E-state index in [-0.39, 0.29) is 17.1 Å². The van der Waals surface area contributed by atoms with Crippen LogP contribution in [0.2, 0.25) is 5.02 Å². The van der Waals surface area contributed by atoms with Crippen molar-refractivity contribution in [3.63, 3.8) is 0 Å². The molecule has 0 fully saturated rings. The highest BCUT2D eigenvalue weighted by Crippen LogP contribution is 2.44. The number of anilines is 1. The Balaban J connectivity index is 1.41. The molecule has 32 heavy (non-hydrogen) atoms. The molecule has 0 unspecified atom stereocenters. The van der Waals surface area contributed by atoms with Crippen LogP contribution in [0.25, 0.3) is 11.4 Å².